The van der Waals surface area contributed by atoms with Gasteiger partial charge in [-0.25, -0.2) is 16.8 Å². The van der Waals surface area contributed by atoms with Crippen molar-refractivity contribution in [3.8, 4) is 0 Å². The number of piperazine rings is 1. The number of nitrogens with zero attached hydrogens (tertiary/aromatic N) is 3. The molecule has 1 aliphatic heterocycles. The Bertz CT molecular complexity index is 680. The average Bonchev–Trinajstić information content (AvgIpc) is 2.68. The van der Waals surface area contributed by atoms with Crippen LogP contribution in [-0.4, -0.2) is 68.1 Å². The van der Waals surface area contributed by atoms with Crippen LogP contribution >= 0.6 is 0 Å². The number of aromatic nitrogens is 2. The third kappa shape index (κ3) is 2.73. The molecular formula is C10H18N4O4S2. The van der Waals surface area contributed by atoms with Gasteiger partial charge in [-0.3, -0.25) is 5.10 Å². The van der Waals surface area contributed by atoms with E-state index in [1.807, 2.05) is 0 Å². The van der Waals surface area contributed by atoms with E-state index in [4.69, 9.17) is 0 Å². The first-order valence-corrected chi connectivity index (χ1v) is 9.39. The molecule has 0 unspecified atom stereocenters. The van der Waals surface area contributed by atoms with Crippen LogP contribution in [0.4, 0.5) is 0 Å². The first-order chi connectivity index (χ1) is 9.14. The van der Waals surface area contributed by atoms with Gasteiger partial charge in [-0.2, -0.15) is 13.7 Å². The molecule has 2 heterocycles. The zero-order valence-corrected chi connectivity index (χ0v) is 13.3. The van der Waals surface area contributed by atoms with Crippen LogP contribution in [0.25, 0.3) is 0 Å². The number of rotatable bonds is 3. The molecule has 0 atom stereocenters. The van der Waals surface area contributed by atoms with Crippen LogP contribution in [0.3, 0.4) is 0 Å². The molecular weight excluding hydrogens is 304 g/mol. The molecule has 0 aliphatic carbocycles. The predicted molar refractivity (Wildman–Crippen MR) is 73.2 cm³/mol. The van der Waals surface area contributed by atoms with Gasteiger partial charge >= 0.3 is 0 Å². The van der Waals surface area contributed by atoms with Crippen molar-refractivity contribution >= 4 is 20.0 Å². The molecule has 1 aromatic rings. The zero-order chi connectivity index (χ0) is 15.1. The second kappa shape index (κ2) is 5.10. The average molecular weight is 322 g/mol. The molecule has 10 heteroatoms. The summed E-state index contributed by atoms with van der Waals surface area (Å²) in [5, 5.41) is 6.55. The second-order valence-electron chi connectivity index (χ2n) is 4.83. The van der Waals surface area contributed by atoms with E-state index in [2.05, 4.69) is 10.2 Å². The van der Waals surface area contributed by atoms with Crippen LogP contribution < -0.4 is 0 Å². The van der Waals surface area contributed by atoms with E-state index in [0.29, 0.717) is 11.4 Å². The minimum Gasteiger partial charge on any atom is -0.281 e. The summed E-state index contributed by atoms with van der Waals surface area (Å²) in [6.45, 7) is 3.93. The van der Waals surface area contributed by atoms with E-state index in [0.717, 1.165) is 6.26 Å². The van der Waals surface area contributed by atoms with Crippen molar-refractivity contribution in [1.82, 2.24) is 18.8 Å². The summed E-state index contributed by atoms with van der Waals surface area (Å²) in [5.41, 5.74) is 0.918. The highest BCUT2D eigenvalue weighted by Crippen LogP contribution is 2.23. The number of nitrogens with one attached hydrogen (secondary N) is 1. The van der Waals surface area contributed by atoms with Gasteiger partial charge < -0.3 is 0 Å². The topological polar surface area (TPSA) is 103 Å². The van der Waals surface area contributed by atoms with E-state index >= 15 is 0 Å². The Hall–Kier alpha value is -0.970. The number of hydrogen-bond acceptors (Lipinski definition) is 5. The molecule has 0 saturated carbocycles. The van der Waals surface area contributed by atoms with Gasteiger partial charge in [0, 0.05) is 26.2 Å². The first kappa shape index (κ1) is 15.4. The van der Waals surface area contributed by atoms with Crippen LogP contribution in [0.1, 0.15) is 11.4 Å². The van der Waals surface area contributed by atoms with Gasteiger partial charge in [0.05, 0.1) is 17.6 Å². The lowest BCUT2D eigenvalue weighted by Gasteiger charge is -2.32. The van der Waals surface area contributed by atoms with E-state index in [9.17, 15) is 16.8 Å². The Balaban J connectivity index is 2.22. The number of aryl methyl sites for hydroxylation is 2. The highest BCUT2D eigenvalue weighted by Gasteiger charge is 2.34. The molecule has 0 amide bonds. The quantitative estimate of drug-likeness (QED) is 0.792. The van der Waals surface area contributed by atoms with Crippen molar-refractivity contribution in [3.05, 3.63) is 11.4 Å². The van der Waals surface area contributed by atoms with Crippen LogP contribution in [0, 0.1) is 13.8 Å². The maximum Gasteiger partial charge on any atom is 0.246 e. The van der Waals surface area contributed by atoms with Crippen LogP contribution in [-0.2, 0) is 20.0 Å². The molecule has 1 N–H and O–H groups in total. The number of H-pyrrole nitrogens is 1. The third-order valence-electron chi connectivity index (χ3n) is 3.33. The van der Waals surface area contributed by atoms with Gasteiger partial charge in [-0.05, 0) is 13.8 Å². The Kier molecular flexibility index (Phi) is 3.93. The van der Waals surface area contributed by atoms with Crippen LogP contribution in [0.15, 0.2) is 4.90 Å². The van der Waals surface area contributed by atoms with Gasteiger partial charge in [0.25, 0.3) is 0 Å². The molecule has 1 fully saturated rings. The predicted octanol–water partition coefficient (Wildman–Crippen LogP) is -0.708. The summed E-state index contributed by atoms with van der Waals surface area (Å²) >= 11 is 0. The Labute approximate surface area is 118 Å². The van der Waals surface area contributed by atoms with E-state index < -0.39 is 20.0 Å². The van der Waals surface area contributed by atoms with Gasteiger partial charge in [0.1, 0.15) is 4.90 Å². The Morgan fingerprint density at radius 3 is 1.90 bits per heavy atom. The molecule has 1 saturated heterocycles. The Morgan fingerprint density at radius 2 is 1.50 bits per heavy atom. The molecule has 0 aromatic carbocycles. The molecule has 0 radical (unpaired) electrons. The van der Waals surface area contributed by atoms with Crippen molar-refractivity contribution in [2.45, 2.75) is 18.7 Å². The van der Waals surface area contributed by atoms with Gasteiger partial charge in [0.15, 0.2) is 0 Å². The summed E-state index contributed by atoms with van der Waals surface area (Å²) in [6.07, 6.45) is 1.13. The number of hydrogen-bond donors (Lipinski definition) is 1. The normalized spacial score (nSPS) is 19.4. The molecule has 1 aromatic heterocycles. The van der Waals surface area contributed by atoms with E-state index in [1.54, 1.807) is 13.8 Å². The largest absolute Gasteiger partial charge is 0.281 e. The van der Waals surface area contributed by atoms with Crippen molar-refractivity contribution in [1.29, 1.82) is 0 Å². The lowest BCUT2D eigenvalue weighted by Crippen LogP contribution is -2.50. The van der Waals surface area contributed by atoms with Crippen molar-refractivity contribution in [3.63, 3.8) is 0 Å². The number of sulfonamides is 2. The van der Waals surface area contributed by atoms with Crippen molar-refractivity contribution < 1.29 is 16.8 Å². The lowest BCUT2D eigenvalue weighted by atomic mass is 10.4. The lowest BCUT2D eigenvalue weighted by molar-refractivity contribution is 0.274. The van der Waals surface area contributed by atoms with Crippen molar-refractivity contribution in [2.75, 3.05) is 32.4 Å². The molecule has 2 rings (SSSR count). The summed E-state index contributed by atoms with van der Waals surface area (Å²) in [5.74, 6) is 0. The molecule has 8 nitrogen and oxygen atoms in total. The fourth-order valence-electron chi connectivity index (χ4n) is 2.29. The molecule has 0 spiro atoms. The zero-order valence-electron chi connectivity index (χ0n) is 11.6. The highest BCUT2D eigenvalue weighted by atomic mass is 32.2. The molecule has 0 bridgehead atoms. The molecule has 114 valence electrons. The minimum absolute atomic E-state index is 0.152. The SMILES string of the molecule is Cc1n[nH]c(C)c1S(=O)(=O)N1CCN(S(C)(=O)=O)CC1. The minimum atomic E-state index is -3.63. The van der Waals surface area contributed by atoms with E-state index in [-0.39, 0.29) is 31.1 Å². The summed E-state index contributed by atoms with van der Waals surface area (Å²) < 4.78 is 50.5. The van der Waals surface area contributed by atoms with Crippen molar-refractivity contribution in [2.24, 2.45) is 0 Å². The van der Waals surface area contributed by atoms with Crippen LogP contribution in [0.5, 0.6) is 0 Å². The summed E-state index contributed by atoms with van der Waals surface area (Å²) in [6, 6.07) is 0. The smallest absolute Gasteiger partial charge is 0.246 e. The summed E-state index contributed by atoms with van der Waals surface area (Å²) in [7, 11) is -6.90. The fraction of sp³-hybridized carbons (Fsp3) is 0.700. The van der Waals surface area contributed by atoms with Gasteiger partial charge in [-0.1, -0.05) is 0 Å². The maximum atomic E-state index is 12.5. The number of aromatic amines is 1. The van der Waals surface area contributed by atoms with Crippen LogP contribution in [0.2, 0.25) is 0 Å². The fourth-order valence-corrected chi connectivity index (χ4v) is 4.87. The summed E-state index contributed by atoms with van der Waals surface area (Å²) in [4.78, 5) is 0.185. The van der Waals surface area contributed by atoms with Gasteiger partial charge in [-0.15, -0.1) is 0 Å². The van der Waals surface area contributed by atoms with Gasteiger partial charge in [0.2, 0.25) is 20.0 Å². The maximum absolute atomic E-state index is 12.5. The Morgan fingerprint density at radius 1 is 1.00 bits per heavy atom. The molecule has 20 heavy (non-hydrogen) atoms. The first-order valence-electron chi connectivity index (χ1n) is 6.11. The third-order valence-corrected chi connectivity index (χ3v) is 6.79. The standard InChI is InChI=1S/C10H18N4O4S2/c1-8-10(9(2)12-11-8)20(17,18)14-6-4-13(5-7-14)19(3,15)16/h4-7H2,1-3H3,(H,11,12). The monoisotopic (exact) mass is 322 g/mol. The van der Waals surface area contributed by atoms with E-state index in [1.165, 1.54) is 8.61 Å². The second-order valence-corrected chi connectivity index (χ2v) is 8.69. The highest BCUT2D eigenvalue weighted by molar-refractivity contribution is 7.89. The molecule has 1 aliphatic rings.